The summed E-state index contributed by atoms with van der Waals surface area (Å²) in [7, 11) is 0. The quantitative estimate of drug-likeness (QED) is 0.882. The van der Waals surface area contributed by atoms with Crippen LogP contribution >= 0.6 is 0 Å². The van der Waals surface area contributed by atoms with Crippen molar-refractivity contribution in [3.63, 3.8) is 0 Å². The summed E-state index contributed by atoms with van der Waals surface area (Å²) in [5.74, 6) is -0.148. The maximum Gasteiger partial charge on any atom is 0.409 e. The highest BCUT2D eigenvalue weighted by atomic mass is 16.5. The molecule has 5 heteroatoms. The molecule has 2 rings (SSSR count). The zero-order valence-corrected chi connectivity index (χ0v) is 11.4. The largest absolute Gasteiger partial charge is 0.410 e. The molecule has 0 aromatic heterocycles. The van der Waals surface area contributed by atoms with Crippen LogP contribution in [0.5, 0.6) is 5.75 Å². The second-order valence-electron chi connectivity index (χ2n) is 4.41. The van der Waals surface area contributed by atoms with E-state index in [4.69, 9.17) is 10.5 Å². The Morgan fingerprint density at radius 1 is 1.00 bits per heavy atom. The molecule has 0 unspecified atom stereocenters. The van der Waals surface area contributed by atoms with Crippen LogP contribution in [0.4, 0.5) is 4.79 Å². The Kier molecular flexibility index (Phi) is 4.93. The van der Waals surface area contributed by atoms with E-state index in [0.29, 0.717) is 6.54 Å². The summed E-state index contributed by atoms with van der Waals surface area (Å²) in [4.78, 5) is 22.9. The van der Waals surface area contributed by atoms with E-state index in [1.807, 2.05) is 30.3 Å². The summed E-state index contributed by atoms with van der Waals surface area (Å²) in [6.07, 6.45) is -0.217. The number of rotatable bonds is 5. The fourth-order valence-electron chi connectivity index (χ4n) is 1.91. The molecule has 2 amide bonds. The van der Waals surface area contributed by atoms with E-state index in [2.05, 4.69) is 5.32 Å². The second-order valence-corrected chi connectivity index (χ2v) is 4.41. The molecule has 2 aromatic rings. The van der Waals surface area contributed by atoms with Gasteiger partial charge in [-0.05, 0) is 24.1 Å². The Hall–Kier alpha value is -2.82. The van der Waals surface area contributed by atoms with Crippen molar-refractivity contribution >= 4 is 12.0 Å². The molecule has 0 aliphatic heterocycles. The molecule has 0 saturated carbocycles. The maximum absolute atomic E-state index is 12.1. The zero-order valence-electron chi connectivity index (χ0n) is 11.4. The molecule has 0 aliphatic rings. The van der Waals surface area contributed by atoms with Gasteiger partial charge in [0.05, 0.1) is 5.56 Å². The monoisotopic (exact) mass is 284 g/mol. The number of para-hydroxylation sites is 1. The fraction of sp³-hybridized carbons (Fsp3) is 0.125. The molecule has 0 saturated heterocycles. The van der Waals surface area contributed by atoms with Gasteiger partial charge < -0.3 is 15.8 Å². The lowest BCUT2D eigenvalue weighted by atomic mass is 10.1. The van der Waals surface area contributed by atoms with Crippen LogP contribution in [0, 0.1) is 0 Å². The van der Waals surface area contributed by atoms with Crippen LogP contribution in [-0.4, -0.2) is 18.5 Å². The molecule has 0 aliphatic carbocycles. The summed E-state index contributed by atoms with van der Waals surface area (Å²) in [5.41, 5.74) is 6.40. The van der Waals surface area contributed by atoms with Crippen molar-refractivity contribution in [2.45, 2.75) is 6.42 Å². The Balaban J connectivity index is 1.96. The van der Waals surface area contributed by atoms with Gasteiger partial charge >= 0.3 is 6.09 Å². The first-order valence-electron chi connectivity index (χ1n) is 6.55. The Morgan fingerprint density at radius 3 is 2.38 bits per heavy atom. The van der Waals surface area contributed by atoms with Crippen molar-refractivity contribution in [2.75, 3.05) is 6.54 Å². The van der Waals surface area contributed by atoms with E-state index in [1.165, 1.54) is 6.07 Å². The number of amides is 2. The Morgan fingerprint density at radius 2 is 1.67 bits per heavy atom. The number of hydrogen-bond donors (Lipinski definition) is 2. The highest BCUT2D eigenvalue weighted by Gasteiger charge is 2.13. The van der Waals surface area contributed by atoms with Crippen LogP contribution < -0.4 is 15.8 Å². The summed E-state index contributed by atoms with van der Waals surface area (Å²) in [6.45, 7) is 0.494. The van der Waals surface area contributed by atoms with Gasteiger partial charge in [0.25, 0.3) is 5.91 Å². The molecule has 21 heavy (non-hydrogen) atoms. The molecular formula is C16H16N2O3. The van der Waals surface area contributed by atoms with Crippen LogP contribution in [0.15, 0.2) is 54.6 Å². The molecule has 0 radical (unpaired) electrons. The van der Waals surface area contributed by atoms with E-state index < -0.39 is 6.09 Å². The lowest BCUT2D eigenvalue weighted by Crippen LogP contribution is -2.27. The SMILES string of the molecule is NC(=O)Oc1ccccc1C(=O)NCCc1ccccc1. The molecule has 5 nitrogen and oxygen atoms in total. The molecule has 2 aromatic carbocycles. The van der Waals surface area contributed by atoms with Gasteiger partial charge in [-0.3, -0.25) is 4.79 Å². The Labute approximate surface area is 122 Å². The molecule has 0 atom stereocenters. The van der Waals surface area contributed by atoms with E-state index >= 15 is 0 Å². The van der Waals surface area contributed by atoms with E-state index in [1.54, 1.807) is 18.2 Å². The fourth-order valence-corrected chi connectivity index (χ4v) is 1.91. The van der Waals surface area contributed by atoms with Crippen molar-refractivity contribution in [2.24, 2.45) is 5.73 Å². The van der Waals surface area contributed by atoms with Crippen LogP contribution in [0.2, 0.25) is 0 Å². The van der Waals surface area contributed by atoms with Gasteiger partial charge in [0, 0.05) is 6.54 Å². The molecule has 0 spiro atoms. The predicted octanol–water partition coefficient (Wildman–Crippen LogP) is 2.12. The maximum atomic E-state index is 12.1. The first-order chi connectivity index (χ1) is 10.2. The summed E-state index contributed by atoms with van der Waals surface area (Å²) in [6, 6.07) is 16.3. The zero-order chi connectivity index (χ0) is 15.1. The van der Waals surface area contributed by atoms with Crippen molar-refractivity contribution in [3.05, 3.63) is 65.7 Å². The van der Waals surface area contributed by atoms with Gasteiger partial charge in [0.15, 0.2) is 0 Å². The summed E-state index contributed by atoms with van der Waals surface area (Å²) >= 11 is 0. The third-order valence-corrected chi connectivity index (χ3v) is 2.88. The molecule has 0 fully saturated rings. The van der Waals surface area contributed by atoms with Crippen LogP contribution in [0.25, 0.3) is 0 Å². The predicted molar refractivity (Wildman–Crippen MR) is 79.1 cm³/mol. The van der Waals surface area contributed by atoms with Crippen LogP contribution in [-0.2, 0) is 6.42 Å². The number of ether oxygens (including phenoxy) is 1. The number of benzene rings is 2. The van der Waals surface area contributed by atoms with Gasteiger partial charge in [-0.1, -0.05) is 42.5 Å². The van der Waals surface area contributed by atoms with Gasteiger partial charge in [-0.15, -0.1) is 0 Å². The number of carbonyl (C=O) groups is 2. The highest BCUT2D eigenvalue weighted by molar-refractivity contribution is 5.97. The second kappa shape index (κ2) is 7.09. The molecule has 108 valence electrons. The van der Waals surface area contributed by atoms with Gasteiger partial charge in [0.1, 0.15) is 5.75 Å². The molecule has 0 heterocycles. The number of nitrogens with one attached hydrogen (secondary N) is 1. The van der Waals surface area contributed by atoms with Crippen molar-refractivity contribution in [1.29, 1.82) is 0 Å². The van der Waals surface area contributed by atoms with Crippen LogP contribution in [0.3, 0.4) is 0 Å². The van der Waals surface area contributed by atoms with Crippen molar-refractivity contribution < 1.29 is 14.3 Å². The van der Waals surface area contributed by atoms with Crippen molar-refractivity contribution in [1.82, 2.24) is 5.32 Å². The molecule has 0 bridgehead atoms. The third kappa shape index (κ3) is 4.35. The lowest BCUT2D eigenvalue weighted by Gasteiger charge is -2.09. The van der Waals surface area contributed by atoms with Crippen molar-refractivity contribution in [3.8, 4) is 5.75 Å². The minimum Gasteiger partial charge on any atom is -0.410 e. The first-order valence-corrected chi connectivity index (χ1v) is 6.55. The molecular weight excluding hydrogens is 268 g/mol. The standard InChI is InChI=1S/C16H16N2O3/c17-16(20)21-14-9-5-4-8-13(14)15(19)18-11-10-12-6-2-1-3-7-12/h1-9H,10-11H2,(H2,17,20)(H,18,19). The van der Waals surface area contributed by atoms with E-state index in [9.17, 15) is 9.59 Å². The minimum absolute atomic E-state index is 0.155. The average molecular weight is 284 g/mol. The normalized spacial score (nSPS) is 9.90. The van der Waals surface area contributed by atoms with Gasteiger partial charge in [-0.25, -0.2) is 4.79 Å². The smallest absolute Gasteiger partial charge is 0.409 e. The number of nitrogens with two attached hydrogens (primary N) is 1. The lowest BCUT2D eigenvalue weighted by molar-refractivity contribution is 0.0952. The summed E-state index contributed by atoms with van der Waals surface area (Å²) < 4.78 is 4.81. The number of primary amides is 1. The topological polar surface area (TPSA) is 81.4 Å². The van der Waals surface area contributed by atoms with E-state index in [-0.39, 0.29) is 17.2 Å². The van der Waals surface area contributed by atoms with Crippen LogP contribution in [0.1, 0.15) is 15.9 Å². The highest BCUT2D eigenvalue weighted by Crippen LogP contribution is 2.17. The average Bonchev–Trinajstić information content (AvgIpc) is 2.48. The molecule has 3 N–H and O–H groups in total. The third-order valence-electron chi connectivity index (χ3n) is 2.88. The summed E-state index contributed by atoms with van der Waals surface area (Å²) in [5, 5.41) is 2.79. The first kappa shape index (κ1) is 14.6. The van der Waals surface area contributed by atoms with Gasteiger partial charge in [-0.2, -0.15) is 0 Å². The van der Waals surface area contributed by atoms with E-state index in [0.717, 1.165) is 12.0 Å². The number of carbonyl (C=O) groups excluding carboxylic acids is 2. The Bertz CT molecular complexity index is 626. The minimum atomic E-state index is -0.945. The van der Waals surface area contributed by atoms with Gasteiger partial charge in [0.2, 0.25) is 0 Å². The number of hydrogen-bond acceptors (Lipinski definition) is 3.